The van der Waals surface area contributed by atoms with Gasteiger partial charge in [-0.3, -0.25) is 0 Å². The summed E-state index contributed by atoms with van der Waals surface area (Å²) in [4.78, 5) is 17.2. The number of H-pyrrole nitrogens is 1. The fraction of sp³-hybridized carbons (Fsp3) is 0.286. The molecule has 1 fully saturated rings. The minimum absolute atomic E-state index is 0.141. The first-order valence-corrected chi connectivity index (χ1v) is 10.6. The van der Waals surface area contributed by atoms with Crippen LogP contribution in [-0.4, -0.2) is 42.6 Å². The topological polar surface area (TPSA) is 91.1 Å². The first-order chi connectivity index (χ1) is 14.2. The maximum atomic E-state index is 9.00. The summed E-state index contributed by atoms with van der Waals surface area (Å²) >= 11 is 3.45. The van der Waals surface area contributed by atoms with E-state index in [-0.39, 0.29) is 6.61 Å². The normalized spacial score (nSPS) is 13.9. The van der Waals surface area contributed by atoms with Crippen LogP contribution in [0.1, 0.15) is 31.0 Å². The molecule has 0 unspecified atom stereocenters. The molecule has 1 aromatic carbocycles. The van der Waals surface area contributed by atoms with Crippen molar-refractivity contribution in [3.8, 4) is 22.5 Å². The maximum absolute atomic E-state index is 9.00. The first kappa shape index (κ1) is 18.3. The van der Waals surface area contributed by atoms with Gasteiger partial charge in [0.05, 0.1) is 17.6 Å². The van der Waals surface area contributed by atoms with Gasteiger partial charge in [-0.2, -0.15) is 0 Å². The van der Waals surface area contributed by atoms with Crippen LogP contribution in [0.15, 0.2) is 47.5 Å². The molecule has 1 aliphatic carbocycles. The molecule has 5 rings (SSSR count). The van der Waals surface area contributed by atoms with Gasteiger partial charge in [0.15, 0.2) is 11.5 Å². The number of nitrogens with zero attached hydrogens (tertiary/aromatic N) is 4. The number of fused-ring (bicyclic) bond motifs is 1. The van der Waals surface area contributed by atoms with Crippen molar-refractivity contribution in [2.45, 2.75) is 25.2 Å². The molecule has 1 saturated carbocycles. The van der Waals surface area contributed by atoms with E-state index in [0.717, 1.165) is 38.6 Å². The van der Waals surface area contributed by atoms with Gasteiger partial charge in [0.2, 0.25) is 0 Å². The molecule has 0 spiro atoms. The van der Waals surface area contributed by atoms with Crippen molar-refractivity contribution in [3.63, 3.8) is 0 Å². The fourth-order valence-electron chi connectivity index (χ4n) is 3.38. The molecule has 3 heterocycles. The van der Waals surface area contributed by atoms with Crippen LogP contribution in [0, 0.1) is 0 Å². The quantitative estimate of drug-likeness (QED) is 0.365. The third-order valence-electron chi connectivity index (χ3n) is 5.09. The van der Waals surface area contributed by atoms with E-state index >= 15 is 0 Å². The number of aliphatic hydroxyl groups is 1. The van der Waals surface area contributed by atoms with Crippen molar-refractivity contribution >= 4 is 27.4 Å². The largest absolute Gasteiger partial charge is 0.396 e. The van der Waals surface area contributed by atoms with E-state index < -0.39 is 0 Å². The Labute approximate surface area is 176 Å². The molecule has 29 heavy (non-hydrogen) atoms. The molecule has 0 bridgehead atoms. The van der Waals surface area contributed by atoms with Crippen LogP contribution in [0.2, 0.25) is 0 Å². The first-order valence-electron chi connectivity index (χ1n) is 9.77. The summed E-state index contributed by atoms with van der Waals surface area (Å²) < 4.78 is 2.68. The zero-order valence-electron chi connectivity index (χ0n) is 15.8. The van der Waals surface area contributed by atoms with Gasteiger partial charge < -0.3 is 19.8 Å². The second-order valence-corrected chi connectivity index (χ2v) is 8.12. The molecule has 0 radical (unpaired) electrons. The molecular formula is C21H21BrN6O. The summed E-state index contributed by atoms with van der Waals surface area (Å²) in [5.74, 6) is 2.42. The Bertz CT molecular complexity index is 1150. The van der Waals surface area contributed by atoms with Crippen LogP contribution in [0.25, 0.3) is 28.2 Å². The van der Waals surface area contributed by atoms with Gasteiger partial charge in [-0.05, 0) is 40.8 Å². The second-order valence-electron chi connectivity index (χ2n) is 7.31. The van der Waals surface area contributed by atoms with E-state index in [1.165, 1.54) is 12.8 Å². The van der Waals surface area contributed by atoms with E-state index in [4.69, 9.17) is 10.1 Å². The number of hydrogen-bond donors (Lipinski definition) is 3. The molecule has 148 valence electrons. The van der Waals surface area contributed by atoms with Crippen LogP contribution in [0.4, 0.5) is 5.82 Å². The predicted octanol–water partition coefficient (Wildman–Crippen LogP) is 4.22. The summed E-state index contributed by atoms with van der Waals surface area (Å²) in [6.07, 6.45) is 8.94. The summed E-state index contributed by atoms with van der Waals surface area (Å²) in [6.45, 7) is 0.779. The average molecular weight is 453 g/mol. The summed E-state index contributed by atoms with van der Waals surface area (Å²) in [7, 11) is 0. The van der Waals surface area contributed by atoms with Crippen LogP contribution in [-0.2, 0) is 0 Å². The lowest BCUT2D eigenvalue weighted by Gasteiger charge is -2.06. The minimum atomic E-state index is 0.141. The van der Waals surface area contributed by atoms with Gasteiger partial charge in [-0.1, -0.05) is 24.3 Å². The molecule has 0 saturated heterocycles. The van der Waals surface area contributed by atoms with Crippen LogP contribution < -0.4 is 5.32 Å². The van der Waals surface area contributed by atoms with Gasteiger partial charge in [0, 0.05) is 37.0 Å². The number of aliphatic hydroxyl groups excluding tert-OH is 1. The molecule has 7 nitrogen and oxygen atoms in total. The highest BCUT2D eigenvalue weighted by molar-refractivity contribution is 9.10. The predicted molar refractivity (Wildman–Crippen MR) is 116 cm³/mol. The monoisotopic (exact) mass is 452 g/mol. The lowest BCUT2D eigenvalue weighted by Crippen LogP contribution is -2.07. The smallest absolute Gasteiger partial charge is 0.180 e. The Balaban J connectivity index is 1.43. The minimum Gasteiger partial charge on any atom is -0.396 e. The number of hydrogen-bond acceptors (Lipinski definition) is 5. The summed E-state index contributed by atoms with van der Waals surface area (Å²) in [6, 6.07) is 8.35. The van der Waals surface area contributed by atoms with Crippen molar-refractivity contribution < 1.29 is 5.11 Å². The molecule has 0 amide bonds. The average Bonchev–Trinajstić information content (AvgIpc) is 3.30. The van der Waals surface area contributed by atoms with Crippen molar-refractivity contribution in [1.82, 2.24) is 24.3 Å². The number of anilines is 1. The summed E-state index contributed by atoms with van der Waals surface area (Å²) in [5, 5.41) is 12.3. The van der Waals surface area contributed by atoms with Crippen molar-refractivity contribution in [3.05, 3.63) is 53.3 Å². The summed E-state index contributed by atoms with van der Waals surface area (Å²) in [5.41, 5.74) is 4.85. The standard InChI is InChI=1S/C21H21BrN6O/c22-18-12-28-11-17(26-21(28)20(27-18)23-8-1-9-29)14-4-2-13(3-5-14)16-10-24-19(25-16)15-6-7-15/h2-5,10-12,15,29H,1,6-9H2,(H,23,27)(H,24,25). The van der Waals surface area contributed by atoms with E-state index in [9.17, 15) is 0 Å². The Morgan fingerprint density at radius 1 is 1.14 bits per heavy atom. The van der Waals surface area contributed by atoms with E-state index in [0.29, 0.717) is 24.7 Å². The van der Waals surface area contributed by atoms with E-state index in [1.54, 1.807) is 0 Å². The molecule has 3 aromatic heterocycles. The van der Waals surface area contributed by atoms with Crippen LogP contribution in [0.3, 0.4) is 0 Å². The number of halogens is 1. The SMILES string of the molecule is OCCCNc1nc(Br)cn2cc(-c3ccc(-c4cnc(C5CC5)[nH]4)cc3)nc12. The van der Waals surface area contributed by atoms with Gasteiger partial charge in [0.25, 0.3) is 0 Å². The molecule has 4 aromatic rings. The zero-order valence-corrected chi connectivity index (χ0v) is 17.4. The number of rotatable bonds is 7. The number of imidazole rings is 2. The zero-order chi connectivity index (χ0) is 19.8. The Hall–Kier alpha value is -2.71. The molecule has 0 atom stereocenters. The van der Waals surface area contributed by atoms with Gasteiger partial charge in [0.1, 0.15) is 10.4 Å². The van der Waals surface area contributed by atoms with Crippen LogP contribution >= 0.6 is 15.9 Å². The molecule has 3 N–H and O–H groups in total. The third-order valence-corrected chi connectivity index (χ3v) is 5.47. The Kier molecular flexibility index (Phi) is 4.81. The van der Waals surface area contributed by atoms with Crippen molar-refractivity contribution in [2.24, 2.45) is 0 Å². The van der Waals surface area contributed by atoms with Gasteiger partial charge in [-0.25, -0.2) is 15.0 Å². The number of nitrogens with one attached hydrogen (secondary N) is 2. The van der Waals surface area contributed by atoms with E-state index in [2.05, 4.69) is 60.5 Å². The highest BCUT2D eigenvalue weighted by atomic mass is 79.9. The highest BCUT2D eigenvalue weighted by Crippen LogP contribution is 2.39. The number of aromatic nitrogens is 5. The van der Waals surface area contributed by atoms with Gasteiger partial charge in [-0.15, -0.1) is 0 Å². The highest BCUT2D eigenvalue weighted by Gasteiger charge is 2.26. The second kappa shape index (κ2) is 7.61. The maximum Gasteiger partial charge on any atom is 0.180 e. The van der Waals surface area contributed by atoms with Crippen LogP contribution in [0.5, 0.6) is 0 Å². The number of benzene rings is 1. The van der Waals surface area contributed by atoms with Gasteiger partial charge >= 0.3 is 0 Å². The third kappa shape index (κ3) is 3.77. The van der Waals surface area contributed by atoms with E-state index in [1.807, 2.05) is 23.0 Å². The molecule has 8 heteroatoms. The van der Waals surface area contributed by atoms with Crippen molar-refractivity contribution in [1.29, 1.82) is 0 Å². The Morgan fingerprint density at radius 2 is 1.93 bits per heavy atom. The molecular weight excluding hydrogens is 432 g/mol. The molecule has 0 aliphatic heterocycles. The fourth-order valence-corrected chi connectivity index (χ4v) is 3.78. The Morgan fingerprint density at radius 3 is 2.69 bits per heavy atom. The molecule has 1 aliphatic rings. The lowest BCUT2D eigenvalue weighted by molar-refractivity contribution is 0.292. The van der Waals surface area contributed by atoms with Crippen molar-refractivity contribution in [2.75, 3.05) is 18.5 Å². The lowest BCUT2D eigenvalue weighted by atomic mass is 10.1. The number of aromatic amines is 1.